The molecule has 0 saturated carbocycles. The number of nitrogens with zero attached hydrogens (tertiary/aromatic N) is 1. The number of hydrogen-bond donors (Lipinski definition) is 1. The molecule has 0 aliphatic rings. The Bertz CT molecular complexity index is 1270. The first-order chi connectivity index (χ1) is 14.0. The van der Waals surface area contributed by atoms with Crippen LogP contribution in [0.1, 0.15) is 18.2 Å². The monoisotopic (exact) mass is 390 g/mol. The summed E-state index contributed by atoms with van der Waals surface area (Å²) in [5, 5.41) is 5.83. The molecule has 0 aliphatic heterocycles. The molecule has 2 heterocycles. The van der Waals surface area contributed by atoms with Crippen molar-refractivity contribution in [3.05, 3.63) is 76.3 Å². The largest absolute Gasteiger partial charge is 0.484 e. The lowest BCUT2D eigenvalue weighted by atomic mass is 10.1. The van der Waals surface area contributed by atoms with Crippen LogP contribution in [0.25, 0.3) is 21.9 Å². The molecule has 0 spiro atoms. The molecule has 2 aromatic carbocycles. The number of hydrogen-bond acceptors (Lipinski definition) is 6. The number of hydrazone groups is 1. The van der Waals surface area contributed by atoms with Crippen LogP contribution in [0.15, 0.2) is 73.3 Å². The predicted octanol–water partition coefficient (Wildman–Crippen LogP) is 3.77. The fourth-order valence-corrected chi connectivity index (χ4v) is 2.94. The number of benzene rings is 2. The summed E-state index contributed by atoms with van der Waals surface area (Å²) in [7, 11) is 0. The van der Waals surface area contributed by atoms with Crippen molar-refractivity contribution in [3.8, 4) is 5.75 Å². The summed E-state index contributed by atoms with van der Waals surface area (Å²) in [6.45, 7) is 3.33. The predicted molar refractivity (Wildman–Crippen MR) is 109 cm³/mol. The van der Waals surface area contributed by atoms with E-state index in [1.54, 1.807) is 25.1 Å². The fourth-order valence-electron chi connectivity index (χ4n) is 2.94. The minimum atomic E-state index is -0.430. The first kappa shape index (κ1) is 18.5. The van der Waals surface area contributed by atoms with Crippen molar-refractivity contribution in [1.29, 1.82) is 0 Å². The number of nitrogens with one attached hydrogen (secondary N) is 1. The lowest BCUT2D eigenvalue weighted by molar-refractivity contribution is -0.123. The van der Waals surface area contributed by atoms with E-state index in [2.05, 4.69) is 10.5 Å². The van der Waals surface area contributed by atoms with Crippen LogP contribution in [0.3, 0.4) is 0 Å². The Kier molecular flexibility index (Phi) is 4.87. The average Bonchev–Trinajstić information content (AvgIpc) is 3.14. The molecule has 0 radical (unpaired) electrons. The Morgan fingerprint density at radius 3 is 2.72 bits per heavy atom. The summed E-state index contributed by atoms with van der Waals surface area (Å²) >= 11 is 0. The van der Waals surface area contributed by atoms with Gasteiger partial charge in [-0.1, -0.05) is 18.2 Å². The molecular formula is C22H18N2O5. The second-order valence-electron chi connectivity index (χ2n) is 6.58. The van der Waals surface area contributed by atoms with Crippen LogP contribution in [-0.4, -0.2) is 18.2 Å². The van der Waals surface area contributed by atoms with Gasteiger partial charge >= 0.3 is 5.63 Å². The van der Waals surface area contributed by atoms with Gasteiger partial charge in [0.2, 0.25) is 0 Å². The maximum Gasteiger partial charge on any atom is 0.336 e. The molecular weight excluding hydrogens is 372 g/mol. The molecule has 0 fully saturated rings. The van der Waals surface area contributed by atoms with Gasteiger partial charge in [-0.3, -0.25) is 4.79 Å². The van der Waals surface area contributed by atoms with Gasteiger partial charge in [-0.05, 0) is 43.7 Å². The van der Waals surface area contributed by atoms with Crippen LogP contribution in [0.2, 0.25) is 0 Å². The smallest absolute Gasteiger partial charge is 0.336 e. The Morgan fingerprint density at radius 1 is 1.07 bits per heavy atom. The Labute approximate surface area is 165 Å². The highest BCUT2D eigenvalue weighted by molar-refractivity contribution is 6.00. The molecule has 0 unspecified atom stereocenters. The lowest BCUT2D eigenvalue weighted by Gasteiger charge is -2.07. The van der Waals surface area contributed by atoms with Gasteiger partial charge in [0.25, 0.3) is 5.91 Å². The molecule has 7 nitrogen and oxygen atoms in total. The molecule has 4 rings (SSSR count). The molecule has 0 aliphatic carbocycles. The van der Waals surface area contributed by atoms with E-state index in [9.17, 15) is 9.59 Å². The van der Waals surface area contributed by atoms with Crippen molar-refractivity contribution in [1.82, 2.24) is 5.43 Å². The highest BCUT2D eigenvalue weighted by Gasteiger charge is 2.09. The number of amides is 1. The highest BCUT2D eigenvalue weighted by atomic mass is 16.5. The van der Waals surface area contributed by atoms with E-state index < -0.39 is 11.5 Å². The zero-order chi connectivity index (χ0) is 20.4. The minimum absolute atomic E-state index is 0.238. The van der Waals surface area contributed by atoms with Crippen molar-refractivity contribution >= 4 is 33.6 Å². The Balaban J connectivity index is 1.40. The van der Waals surface area contributed by atoms with Gasteiger partial charge < -0.3 is 13.6 Å². The molecule has 7 heteroatoms. The summed E-state index contributed by atoms with van der Waals surface area (Å²) < 4.78 is 16.4. The minimum Gasteiger partial charge on any atom is -0.484 e. The van der Waals surface area contributed by atoms with E-state index >= 15 is 0 Å². The number of carbonyl (C=O) groups excluding carboxylic acids is 1. The first-order valence-corrected chi connectivity index (χ1v) is 8.99. The summed E-state index contributed by atoms with van der Waals surface area (Å²) in [6, 6.07) is 16.0. The van der Waals surface area contributed by atoms with E-state index in [4.69, 9.17) is 13.6 Å². The van der Waals surface area contributed by atoms with E-state index in [0.29, 0.717) is 22.8 Å². The van der Waals surface area contributed by atoms with Gasteiger partial charge in [0.1, 0.15) is 22.6 Å². The van der Waals surface area contributed by atoms with Crippen molar-refractivity contribution in [2.75, 3.05) is 6.61 Å². The molecule has 1 N–H and O–H groups in total. The zero-order valence-corrected chi connectivity index (χ0v) is 15.9. The molecule has 2 aromatic heterocycles. The number of aryl methyl sites for hydroxylation is 1. The van der Waals surface area contributed by atoms with E-state index in [0.717, 1.165) is 21.9 Å². The number of fused-ring (bicyclic) bond motifs is 2. The van der Waals surface area contributed by atoms with Crippen LogP contribution in [0.5, 0.6) is 5.75 Å². The molecule has 146 valence electrons. The van der Waals surface area contributed by atoms with Crippen molar-refractivity contribution in [2.24, 2.45) is 5.10 Å². The zero-order valence-electron chi connectivity index (χ0n) is 15.9. The Morgan fingerprint density at radius 2 is 1.90 bits per heavy atom. The topological polar surface area (TPSA) is 94.0 Å². The third-order valence-corrected chi connectivity index (χ3v) is 4.42. The highest BCUT2D eigenvalue weighted by Crippen LogP contribution is 2.22. The van der Waals surface area contributed by atoms with E-state index in [1.807, 2.05) is 37.3 Å². The molecule has 1 amide bonds. The average molecular weight is 390 g/mol. The van der Waals surface area contributed by atoms with Crippen LogP contribution >= 0.6 is 0 Å². The van der Waals surface area contributed by atoms with E-state index in [1.165, 1.54) is 6.07 Å². The summed E-state index contributed by atoms with van der Waals surface area (Å²) in [6.07, 6.45) is 0. The van der Waals surface area contributed by atoms with E-state index in [-0.39, 0.29) is 6.61 Å². The number of ether oxygens (including phenoxy) is 1. The van der Waals surface area contributed by atoms with Gasteiger partial charge in [-0.2, -0.15) is 5.10 Å². The SMILES string of the molecule is C/C(=N/NC(=O)COc1ccc2c(C)cc(=O)oc2c1)c1cc2ccccc2o1. The standard InChI is InChI=1S/C22H18N2O5/c1-13-9-22(26)29-20-11-16(7-8-17(13)20)27-12-21(25)24-23-14(2)19-10-15-5-3-4-6-18(15)28-19/h3-11H,12H2,1-2H3,(H,24,25)/b23-14-. The van der Waals surface area contributed by atoms with Crippen LogP contribution < -0.4 is 15.8 Å². The second kappa shape index (κ2) is 7.63. The van der Waals surface area contributed by atoms with Crippen molar-refractivity contribution in [2.45, 2.75) is 13.8 Å². The third kappa shape index (κ3) is 4.03. The number of furan rings is 1. The quantitative estimate of drug-likeness (QED) is 0.318. The van der Waals surface area contributed by atoms with Crippen LogP contribution in [0, 0.1) is 6.92 Å². The molecule has 0 atom stereocenters. The molecule has 4 aromatic rings. The lowest BCUT2D eigenvalue weighted by Crippen LogP contribution is -2.25. The maximum atomic E-state index is 12.0. The van der Waals surface area contributed by atoms with Gasteiger partial charge in [-0.15, -0.1) is 0 Å². The van der Waals surface area contributed by atoms with Crippen LogP contribution in [0.4, 0.5) is 0 Å². The summed E-state index contributed by atoms with van der Waals surface area (Å²) in [5.74, 6) is 0.568. The maximum absolute atomic E-state index is 12.0. The molecule has 0 saturated heterocycles. The number of para-hydroxylation sites is 1. The third-order valence-electron chi connectivity index (χ3n) is 4.42. The van der Waals surface area contributed by atoms with Crippen molar-refractivity contribution < 1.29 is 18.4 Å². The number of carbonyl (C=O) groups is 1. The second-order valence-corrected chi connectivity index (χ2v) is 6.58. The molecule has 0 bridgehead atoms. The Hall–Kier alpha value is -3.87. The van der Waals surface area contributed by atoms with Crippen molar-refractivity contribution in [3.63, 3.8) is 0 Å². The fraction of sp³-hybridized carbons (Fsp3) is 0.136. The van der Waals surface area contributed by atoms with Gasteiger partial charge in [0.05, 0.1) is 0 Å². The molecule has 29 heavy (non-hydrogen) atoms. The normalized spacial score (nSPS) is 11.7. The first-order valence-electron chi connectivity index (χ1n) is 8.99. The summed E-state index contributed by atoms with van der Waals surface area (Å²) in [4.78, 5) is 23.6. The van der Waals surface area contributed by atoms with Gasteiger partial charge in [-0.25, -0.2) is 10.2 Å². The summed E-state index contributed by atoms with van der Waals surface area (Å²) in [5.41, 5.74) is 4.53. The number of rotatable bonds is 5. The van der Waals surface area contributed by atoms with Gasteiger partial charge in [0, 0.05) is 22.9 Å². The van der Waals surface area contributed by atoms with Gasteiger partial charge in [0.15, 0.2) is 12.4 Å². The van der Waals surface area contributed by atoms with Crippen LogP contribution in [-0.2, 0) is 4.79 Å².